The summed E-state index contributed by atoms with van der Waals surface area (Å²) >= 11 is 0. The number of rotatable bonds is 6. The van der Waals surface area contributed by atoms with E-state index >= 15 is 0 Å². The monoisotopic (exact) mass is 242 g/mol. The summed E-state index contributed by atoms with van der Waals surface area (Å²) in [6.45, 7) is 13.6. The lowest BCUT2D eigenvalue weighted by atomic mass is 9.88. The van der Waals surface area contributed by atoms with Gasteiger partial charge in [0.2, 0.25) is 0 Å². The second-order valence-corrected chi connectivity index (χ2v) is 6.20. The molecule has 0 amide bonds. The maximum absolute atomic E-state index is 5.21. The highest BCUT2D eigenvalue weighted by atomic mass is 16.5. The highest BCUT2D eigenvalue weighted by Crippen LogP contribution is 2.24. The maximum atomic E-state index is 5.21. The summed E-state index contributed by atoms with van der Waals surface area (Å²) in [6.07, 6.45) is 2.36. The Morgan fingerprint density at radius 2 is 2.12 bits per heavy atom. The quantitative estimate of drug-likeness (QED) is 0.772. The maximum Gasteiger partial charge on any atom is 0.0467 e. The average Bonchev–Trinajstić information content (AvgIpc) is 2.29. The van der Waals surface area contributed by atoms with Crippen LogP contribution in [0.3, 0.4) is 0 Å². The summed E-state index contributed by atoms with van der Waals surface area (Å²) in [5, 5.41) is 3.61. The third-order valence-corrected chi connectivity index (χ3v) is 3.89. The van der Waals surface area contributed by atoms with Gasteiger partial charge in [0.15, 0.2) is 0 Å². The van der Waals surface area contributed by atoms with E-state index in [2.05, 4.69) is 37.9 Å². The molecule has 0 bridgehead atoms. The first-order chi connectivity index (χ1) is 7.98. The Morgan fingerprint density at radius 1 is 1.41 bits per heavy atom. The van der Waals surface area contributed by atoms with E-state index in [0.29, 0.717) is 17.5 Å². The molecule has 1 saturated heterocycles. The lowest BCUT2D eigenvalue weighted by molar-refractivity contribution is 0.0704. The fourth-order valence-corrected chi connectivity index (χ4v) is 2.49. The minimum atomic E-state index is 0.347. The van der Waals surface area contributed by atoms with Gasteiger partial charge in [-0.3, -0.25) is 4.90 Å². The predicted molar refractivity (Wildman–Crippen MR) is 73.4 cm³/mol. The number of nitrogens with one attached hydrogen (secondary N) is 1. The number of methoxy groups -OCH3 is 1. The molecule has 0 aromatic carbocycles. The minimum absolute atomic E-state index is 0.347. The number of nitrogens with zero attached hydrogens (tertiary/aromatic N) is 1. The van der Waals surface area contributed by atoms with Gasteiger partial charge in [0, 0.05) is 45.4 Å². The van der Waals surface area contributed by atoms with Gasteiger partial charge in [-0.25, -0.2) is 0 Å². The zero-order chi connectivity index (χ0) is 12.9. The van der Waals surface area contributed by atoms with Crippen molar-refractivity contribution >= 4 is 0 Å². The van der Waals surface area contributed by atoms with E-state index in [-0.39, 0.29) is 0 Å². The van der Waals surface area contributed by atoms with E-state index in [1.807, 2.05) is 0 Å². The highest BCUT2D eigenvalue weighted by molar-refractivity contribution is 4.86. The van der Waals surface area contributed by atoms with Crippen molar-refractivity contribution in [1.29, 1.82) is 0 Å². The average molecular weight is 242 g/mol. The summed E-state index contributed by atoms with van der Waals surface area (Å²) in [5.41, 5.74) is 0.347. The predicted octanol–water partition coefficient (Wildman–Crippen LogP) is 2.12. The molecule has 1 aliphatic heterocycles. The van der Waals surface area contributed by atoms with E-state index in [9.17, 15) is 0 Å². The second-order valence-electron chi connectivity index (χ2n) is 6.20. The van der Waals surface area contributed by atoms with Gasteiger partial charge >= 0.3 is 0 Å². The van der Waals surface area contributed by atoms with Crippen LogP contribution in [0.15, 0.2) is 0 Å². The van der Waals surface area contributed by atoms with Crippen LogP contribution in [0.1, 0.15) is 40.5 Å². The smallest absolute Gasteiger partial charge is 0.0467 e. The number of hydrogen-bond donors (Lipinski definition) is 1. The zero-order valence-corrected chi connectivity index (χ0v) is 12.3. The van der Waals surface area contributed by atoms with Crippen molar-refractivity contribution in [2.75, 3.05) is 33.4 Å². The van der Waals surface area contributed by atoms with Crippen LogP contribution in [0.2, 0.25) is 0 Å². The molecular formula is C14H30N2O. The Bertz CT molecular complexity index is 218. The molecule has 0 spiro atoms. The van der Waals surface area contributed by atoms with Crippen molar-refractivity contribution in [3.63, 3.8) is 0 Å². The molecule has 0 aliphatic carbocycles. The third kappa shape index (κ3) is 4.94. The second kappa shape index (κ2) is 6.72. The summed E-state index contributed by atoms with van der Waals surface area (Å²) in [7, 11) is 1.79. The van der Waals surface area contributed by atoms with Gasteiger partial charge in [0.05, 0.1) is 0 Å². The van der Waals surface area contributed by atoms with Crippen molar-refractivity contribution in [2.24, 2.45) is 5.41 Å². The summed E-state index contributed by atoms with van der Waals surface area (Å²) in [4.78, 5) is 2.64. The molecule has 1 heterocycles. The first kappa shape index (κ1) is 14.9. The van der Waals surface area contributed by atoms with Crippen molar-refractivity contribution < 1.29 is 4.74 Å². The van der Waals surface area contributed by atoms with Gasteiger partial charge in [-0.05, 0) is 25.2 Å². The van der Waals surface area contributed by atoms with Crippen LogP contribution in [-0.2, 0) is 4.74 Å². The van der Waals surface area contributed by atoms with Crippen molar-refractivity contribution in [1.82, 2.24) is 10.2 Å². The van der Waals surface area contributed by atoms with Gasteiger partial charge < -0.3 is 10.1 Å². The molecule has 1 aliphatic rings. The summed E-state index contributed by atoms with van der Waals surface area (Å²) in [5.74, 6) is 0. The largest absolute Gasteiger partial charge is 0.385 e. The molecule has 3 heteroatoms. The van der Waals surface area contributed by atoms with Crippen LogP contribution in [0.25, 0.3) is 0 Å². The normalized spacial score (nSPS) is 27.4. The molecule has 0 saturated carbocycles. The topological polar surface area (TPSA) is 24.5 Å². The van der Waals surface area contributed by atoms with Gasteiger partial charge in [-0.15, -0.1) is 0 Å². The van der Waals surface area contributed by atoms with Gasteiger partial charge in [-0.2, -0.15) is 0 Å². The van der Waals surface area contributed by atoms with Crippen LogP contribution in [-0.4, -0.2) is 50.3 Å². The first-order valence-corrected chi connectivity index (χ1v) is 6.95. The zero-order valence-electron chi connectivity index (χ0n) is 12.3. The van der Waals surface area contributed by atoms with Crippen molar-refractivity contribution in [3.8, 4) is 0 Å². The number of piperazine rings is 1. The van der Waals surface area contributed by atoms with Crippen LogP contribution in [0.4, 0.5) is 0 Å². The number of hydrogen-bond acceptors (Lipinski definition) is 3. The summed E-state index contributed by atoms with van der Waals surface area (Å²) in [6, 6.07) is 1.32. The van der Waals surface area contributed by atoms with Gasteiger partial charge in [0.25, 0.3) is 0 Å². The SMILES string of the molecule is CCC1CN(CC(C)(C)CCOC)C(C)CN1. The Labute approximate surface area is 107 Å². The molecule has 2 unspecified atom stereocenters. The standard InChI is InChI=1S/C14H30N2O/c1-6-13-10-16(12(2)9-15-13)11-14(3,4)7-8-17-5/h12-13,15H,6-11H2,1-5H3. The van der Waals surface area contributed by atoms with E-state index in [0.717, 1.165) is 19.6 Å². The van der Waals surface area contributed by atoms with Crippen LogP contribution in [0, 0.1) is 5.41 Å². The lowest BCUT2D eigenvalue weighted by Crippen LogP contribution is -2.57. The highest BCUT2D eigenvalue weighted by Gasteiger charge is 2.29. The van der Waals surface area contributed by atoms with E-state index in [1.165, 1.54) is 19.5 Å². The fourth-order valence-electron chi connectivity index (χ4n) is 2.49. The molecule has 1 rings (SSSR count). The van der Waals surface area contributed by atoms with E-state index in [4.69, 9.17) is 4.74 Å². The molecule has 102 valence electrons. The molecule has 1 fully saturated rings. The molecule has 1 N–H and O–H groups in total. The summed E-state index contributed by atoms with van der Waals surface area (Å²) < 4.78 is 5.21. The molecular weight excluding hydrogens is 212 g/mol. The van der Waals surface area contributed by atoms with Crippen molar-refractivity contribution in [2.45, 2.75) is 52.6 Å². The molecule has 0 aromatic rings. The Balaban J connectivity index is 2.46. The molecule has 17 heavy (non-hydrogen) atoms. The number of ether oxygens (including phenoxy) is 1. The minimum Gasteiger partial charge on any atom is -0.385 e. The first-order valence-electron chi connectivity index (χ1n) is 6.95. The van der Waals surface area contributed by atoms with E-state index in [1.54, 1.807) is 7.11 Å². The van der Waals surface area contributed by atoms with Gasteiger partial charge in [-0.1, -0.05) is 20.8 Å². The van der Waals surface area contributed by atoms with Crippen LogP contribution >= 0.6 is 0 Å². The Morgan fingerprint density at radius 3 is 2.71 bits per heavy atom. The molecule has 2 atom stereocenters. The van der Waals surface area contributed by atoms with E-state index < -0.39 is 0 Å². The van der Waals surface area contributed by atoms with Crippen LogP contribution in [0.5, 0.6) is 0 Å². The Hall–Kier alpha value is -0.120. The molecule has 0 aromatic heterocycles. The Kier molecular flexibility index (Phi) is 5.90. The third-order valence-electron chi connectivity index (χ3n) is 3.89. The fraction of sp³-hybridized carbons (Fsp3) is 1.00. The van der Waals surface area contributed by atoms with Crippen molar-refractivity contribution in [3.05, 3.63) is 0 Å². The van der Waals surface area contributed by atoms with Gasteiger partial charge in [0.1, 0.15) is 0 Å². The molecule has 0 radical (unpaired) electrons. The molecule has 3 nitrogen and oxygen atoms in total. The lowest BCUT2D eigenvalue weighted by Gasteiger charge is -2.42. The van der Waals surface area contributed by atoms with Crippen LogP contribution < -0.4 is 5.32 Å².